The molecule has 3 heterocycles. The summed E-state index contributed by atoms with van der Waals surface area (Å²) in [5.74, 6) is 0. The zero-order valence-corrected chi connectivity index (χ0v) is 18.0. The first-order valence-corrected chi connectivity index (χ1v) is 10.9. The van der Waals surface area contributed by atoms with Gasteiger partial charge in [0.15, 0.2) is 0 Å². The summed E-state index contributed by atoms with van der Waals surface area (Å²) in [7, 11) is 0. The Kier molecular flexibility index (Phi) is 5.10. The van der Waals surface area contributed by atoms with Gasteiger partial charge in [0.25, 0.3) is 0 Å². The number of aryl methyl sites for hydroxylation is 2. The predicted molar refractivity (Wildman–Crippen MR) is 121 cm³/mol. The van der Waals surface area contributed by atoms with Crippen molar-refractivity contribution in [3.8, 4) is 5.69 Å². The van der Waals surface area contributed by atoms with Gasteiger partial charge in [-0.2, -0.15) is 5.10 Å². The standard InChI is InChI=1S/C26H27N3O2/c1-18-13-19(2)29(27-18)25-10-6-9-21(14-25)22-15-23-11-12-24(16-22)28(23)26(30)31-17-20-7-4-3-5-8-20/h3-10,13-15,23-24H,11-12,16-17H2,1-2H3. The van der Waals surface area contributed by atoms with Crippen LogP contribution in [0.2, 0.25) is 0 Å². The Labute approximate surface area is 183 Å². The molecule has 3 aromatic rings. The molecule has 2 aromatic carbocycles. The van der Waals surface area contributed by atoms with E-state index in [1.807, 2.05) is 46.8 Å². The third kappa shape index (κ3) is 3.88. The molecule has 5 nitrogen and oxygen atoms in total. The van der Waals surface area contributed by atoms with Gasteiger partial charge in [-0.05, 0) is 68.0 Å². The van der Waals surface area contributed by atoms with Gasteiger partial charge in [0.05, 0.1) is 17.4 Å². The monoisotopic (exact) mass is 413 g/mol. The van der Waals surface area contributed by atoms with E-state index in [1.54, 1.807) is 0 Å². The summed E-state index contributed by atoms with van der Waals surface area (Å²) in [5.41, 5.74) is 6.74. The summed E-state index contributed by atoms with van der Waals surface area (Å²) < 4.78 is 7.62. The number of amides is 1. The quantitative estimate of drug-likeness (QED) is 0.572. The molecule has 0 aliphatic carbocycles. The van der Waals surface area contributed by atoms with Crippen molar-refractivity contribution in [2.75, 3.05) is 0 Å². The maximum Gasteiger partial charge on any atom is 0.410 e. The molecule has 158 valence electrons. The molecule has 31 heavy (non-hydrogen) atoms. The van der Waals surface area contributed by atoms with Gasteiger partial charge in [0.1, 0.15) is 6.61 Å². The van der Waals surface area contributed by atoms with Gasteiger partial charge in [0, 0.05) is 11.7 Å². The van der Waals surface area contributed by atoms with Crippen molar-refractivity contribution >= 4 is 11.7 Å². The summed E-state index contributed by atoms with van der Waals surface area (Å²) >= 11 is 0. The van der Waals surface area contributed by atoms with Gasteiger partial charge in [-0.3, -0.25) is 4.90 Å². The number of nitrogens with zero attached hydrogens (tertiary/aromatic N) is 3. The Morgan fingerprint density at radius 2 is 1.90 bits per heavy atom. The molecule has 0 saturated carbocycles. The lowest BCUT2D eigenvalue weighted by Crippen LogP contribution is -2.43. The molecule has 5 heteroatoms. The SMILES string of the molecule is Cc1cc(C)n(-c2cccc(C3=CC4CCC(C3)N4C(=O)OCc3ccccc3)c2)n1. The highest BCUT2D eigenvalue weighted by molar-refractivity contribution is 5.75. The number of fused-ring (bicyclic) bond motifs is 2. The van der Waals surface area contributed by atoms with Crippen LogP contribution < -0.4 is 0 Å². The van der Waals surface area contributed by atoms with Gasteiger partial charge in [0.2, 0.25) is 0 Å². The smallest absolute Gasteiger partial charge is 0.410 e. The lowest BCUT2D eigenvalue weighted by molar-refractivity contribution is 0.0832. The summed E-state index contributed by atoms with van der Waals surface area (Å²) in [6.07, 6.45) is 4.92. The fraction of sp³-hybridized carbons (Fsp3) is 0.308. The minimum atomic E-state index is -0.206. The number of benzene rings is 2. The van der Waals surface area contributed by atoms with E-state index >= 15 is 0 Å². The zero-order chi connectivity index (χ0) is 21.4. The minimum Gasteiger partial charge on any atom is -0.445 e. The van der Waals surface area contributed by atoms with Gasteiger partial charge < -0.3 is 4.74 Å². The average molecular weight is 414 g/mol. The third-order valence-electron chi connectivity index (χ3n) is 6.28. The number of hydrogen-bond acceptors (Lipinski definition) is 3. The molecule has 2 unspecified atom stereocenters. The second-order valence-electron chi connectivity index (χ2n) is 8.53. The molecular weight excluding hydrogens is 386 g/mol. The van der Waals surface area contributed by atoms with Crippen LogP contribution in [0.5, 0.6) is 0 Å². The largest absolute Gasteiger partial charge is 0.445 e. The lowest BCUT2D eigenvalue weighted by Gasteiger charge is -2.33. The average Bonchev–Trinajstić information content (AvgIpc) is 3.27. The van der Waals surface area contributed by atoms with E-state index in [-0.39, 0.29) is 18.2 Å². The third-order valence-corrected chi connectivity index (χ3v) is 6.28. The van der Waals surface area contributed by atoms with Crippen molar-refractivity contribution in [3.63, 3.8) is 0 Å². The van der Waals surface area contributed by atoms with Gasteiger partial charge in [-0.15, -0.1) is 0 Å². The number of rotatable bonds is 4. The highest BCUT2D eigenvalue weighted by Crippen LogP contribution is 2.39. The van der Waals surface area contributed by atoms with Crippen molar-refractivity contribution in [3.05, 3.63) is 89.3 Å². The number of carbonyl (C=O) groups excluding carboxylic acids is 1. The maximum absolute atomic E-state index is 12.8. The molecule has 2 atom stereocenters. The van der Waals surface area contributed by atoms with Crippen LogP contribution in [-0.2, 0) is 11.3 Å². The molecule has 2 bridgehead atoms. The summed E-state index contributed by atoms with van der Waals surface area (Å²) in [5, 5.41) is 4.62. The fourth-order valence-corrected chi connectivity index (χ4v) is 4.85. The molecule has 0 N–H and O–H groups in total. The Morgan fingerprint density at radius 1 is 1.06 bits per heavy atom. The van der Waals surface area contributed by atoms with E-state index in [1.165, 1.54) is 11.1 Å². The molecule has 0 spiro atoms. The van der Waals surface area contributed by atoms with E-state index in [9.17, 15) is 4.79 Å². The lowest BCUT2D eigenvalue weighted by atomic mass is 9.94. The van der Waals surface area contributed by atoms with Crippen LogP contribution in [0.4, 0.5) is 4.79 Å². The normalized spacial score (nSPS) is 19.9. The summed E-state index contributed by atoms with van der Waals surface area (Å²) in [6, 6.07) is 20.8. The van der Waals surface area contributed by atoms with Crippen LogP contribution in [0.3, 0.4) is 0 Å². The predicted octanol–water partition coefficient (Wildman–Crippen LogP) is 5.45. The molecule has 2 aliphatic rings. The zero-order valence-electron chi connectivity index (χ0n) is 18.0. The second-order valence-corrected chi connectivity index (χ2v) is 8.53. The van der Waals surface area contributed by atoms with Crippen LogP contribution in [0, 0.1) is 13.8 Å². The number of carbonyl (C=O) groups is 1. The molecule has 2 aliphatic heterocycles. The summed E-state index contributed by atoms with van der Waals surface area (Å²) in [4.78, 5) is 14.8. The van der Waals surface area contributed by atoms with Gasteiger partial charge in [-0.1, -0.05) is 48.5 Å². The Balaban J connectivity index is 1.34. The van der Waals surface area contributed by atoms with E-state index in [2.05, 4.69) is 48.4 Å². The molecule has 5 rings (SSSR count). The first kappa shape index (κ1) is 19.6. The molecule has 1 amide bonds. The highest BCUT2D eigenvalue weighted by Gasteiger charge is 2.40. The van der Waals surface area contributed by atoms with Crippen LogP contribution in [-0.4, -0.2) is 32.9 Å². The molecule has 0 radical (unpaired) electrons. The minimum absolute atomic E-state index is 0.106. The Bertz CT molecular complexity index is 1130. The van der Waals surface area contributed by atoms with Crippen molar-refractivity contribution in [1.82, 2.24) is 14.7 Å². The first-order valence-electron chi connectivity index (χ1n) is 10.9. The van der Waals surface area contributed by atoms with Crippen molar-refractivity contribution in [2.45, 2.75) is 51.8 Å². The van der Waals surface area contributed by atoms with Crippen LogP contribution >= 0.6 is 0 Å². The number of ether oxygens (including phenoxy) is 1. The van der Waals surface area contributed by atoms with Gasteiger partial charge >= 0.3 is 6.09 Å². The maximum atomic E-state index is 12.8. The molecular formula is C26H27N3O2. The Morgan fingerprint density at radius 3 is 2.65 bits per heavy atom. The fourth-order valence-electron chi connectivity index (χ4n) is 4.85. The second kappa shape index (κ2) is 8.06. The number of aromatic nitrogens is 2. The van der Waals surface area contributed by atoms with E-state index < -0.39 is 0 Å². The van der Waals surface area contributed by atoms with Crippen molar-refractivity contribution in [1.29, 1.82) is 0 Å². The first-order chi connectivity index (χ1) is 15.1. The summed E-state index contributed by atoms with van der Waals surface area (Å²) in [6.45, 7) is 4.41. The Hall–Kier alpha value is -3.34. The molecule has 1 saturated heterocycles. The van der Waals surface area contributed by atoms with E-state index in [0.29, 0.717) is 6.61 Å². The van der Waals surface area contributed by atoms with Crippen molar-refractivity contribution < 1.29 is 9.53 Å². The highest BCUT2D eigenvalue weighted by atomic mass is 16.6. The van der Waals surface area contributed by atoms with Crippen LogP contribution in [0.15, 0.2) is 66.7 Å². The molecule has 1 fully saturated rings. The van der Waals surface area contributed by atoms with Gasteiger partial charge in [-0.25, -0.2) is 9.48 Å². The molecule has 1 aromatic heterocycles. The van der Waals surface area contributed by atoms with E-state index in [0.717, 1.165) is 41.9 Å². The van der Waals surface area contributed by atoms with Crippen LogP contribution in [0.1, 0.15) is 41.8 Å². The topological polar surface area (TPSA) is 47.4 Å². The van der Waals surface area contributed by atoms with Crippen LogP contribution in [0.25, 0.3) is 11.3 Å². The number of hydrogen-bond donors (Lipinski definition) is 0. The van der Waals surface area contributed by atoms with Crippen molar-refractivity contribution in [2.24, 2.45) is 0 Å². The van der Waals surface area contributed by atoms with E-state index in [4.69, 9.17) is 4.74 Å².